The van der Waals surface area contributed by atoms with Gasteiger partial charge in [-0.15, -0.1) is 0 Å². The number of aryl methyl sites for hydroxylation is 1. The number of carboxylic acids is 1. The highest BCUT2D eigenvalue weighted by Gasteiger charge is 2.31. The van der Waals surface area contributed by atoms with Gasteiger partial charge in [-0.2, -0.15) is 0 Å². The normalized spacial score (nSPS) is 18.6. The van der Waals surface area contributed by atoms with Gasteiger partial charge in [-0.1, -0.05) is 0 Å². The van der Waals surface area contributed by atoms with Crippen molar-refractivity contribution >= 4 is 17.7 Å². The lowest BCUT2D eigenvalue weighted by Crippen LogP contribution is -2.48. The number of nitrogens with zero attached hydrogens (tertiary/aromatic N) is 1. The fourth-order valence-corrected chi connectivity index (χ4v) is 2.63. The molecule has 1 aromatic rings. The van der Waals surface area contributed by atoms with E-state index >= 15 is 0 Å². The van der Waals surface area contributed by atoms with Gasteiger partial charge in [0.1, 0.15) is 5.69 Å². The number of rotatable bonds is 3. The lowest BCUT2D eigenvalue weighted by molar-refractivity contribution is -0.154. The molecule has 0 bridgehead atoms. The molecule has 2 heterocycles. The highest BCUT2D eigenvalue weighted by atomic mass is 16.5. The van der Waals surface area contributed by atoms with Gasteiger partial charge in [0.05, 0.1) is 13.2 Å². The molecular formula is C14H18N2O5. The summed E-state index contributed by atoms with van der Waals surface area (Å²) in [6.07, 6.45) is -1.01. The van der Waals surface area contributed by atoms with E-state index in [9.17, 15) is 14.4 Å². The van der Waals surface area contributed by atoms with Crippen LogP contribution in [0.5, 0.6) is 0 Å². The molecule has 1 amide bonds. The van der Waals surface area contributed by atoms with Gasteiger partial charge < -0.3 is 19.7 Å². The molecule has 0 radical (unpaired) electrons. The summed E-state index contributed by atoms with van der Waals surface area (Å²) >= 11 is 0. The van der Waals surface area contributed by atoms with Crippen LogP contribution in [-0.2, 0) is 9.53 Å². The monoisotopic (exact) mass is 294 g/mol. The van der Waals surface area contributed by atoms with Crippen LogP contribution in [-0.4, -0.2) is 58.5 Å². The number of aliphatic carboxylic acids is 1. The molecule has 21 heavy (non-hydrogen) atoms. The Kier molecular flexibility index (Phi) is 4.13. The minimum atomic E-state index is -1.09. The van der Waals surface area contributed by atoms with Crippen molar-refractivity contribution in [1.82, 2.24) is 9.88 Å². The zero-order chi connectivity index (χ0) is 15.7. The third-order valence-corrected chi connectivity index (χ3v) is 3.63. The molecule has 114 valence electrons. The van der Waals surface area contributed by atoms with E-state index in [1.807, 2.05) is 0 Å². The number of hydrogen-bond donors (Lipinski definition) is 2. The summed E-state index contributed by atoms with van der Waals surface area (Å²) in [5.41, 5.74) is 2.10. The lowest BCUT2D eigenvalue weighted by Gasteiger charge is -2.30. The molecule has 1 saturated heterocycles. The van der Waals surface area contributed by atoms with E-state index in [4.69, 9.17) is 9.84 Å². The van der Waals surface area contributed by atoms with Crippen LogP contribution in [0, 0.1) is 13.8 Å². The Labute approximate surface area is 121 Å². The highest BCUT2D eigenvalue weighted by molar-refractivity contribution is 6.02. The Bertz CT molecular complexity index is 605. The van der Waals surface area contributed by atoms with E-state index in [1.54, 1.807) is 13.8 Å². The Morgan fingerprint density at radius 2 is 2.00 bits per heavy atom. The second-order valence-corrected chi connectivity index (χ2v) is 5.13. The number of carbonyl (C=O) groups is 3. The average molecular weight is 294 g/mol. The summed E-state index contributed by atoms with van der Waals surface area (Å²) < 4.78 is 5.10. The minimum absolute atomic E-state index is 0.00107. The van der Waals surface area contributed by atoms with Crippen molar-refractivity contribution in [3.05, 3.63) is 22.5 Å². The molecule has 7 nitrogen and oxygen atoms in total. The molecule has 0 saturated carbocycles. The number of amides is 1. The summed E-state index contributed by atoms with van der Waals surface area (Å²) in [5.74, 6) is -1.50. The van der Waals surface area contributed by atoms with Crippen molar-refractivity contribution in [3.63, 3.8) is 0 Å². The summed E-state index contributed by atoms with van der Waals surface area (Å²) in [6.45, 7) is 5.41. The van der Waals surface area contributed by atoms with Crippen molar-refractivity contribution < 1.29 is 24.2 Å². The van der Waals surface area contributed by atoms with Crippen LogP contribution in [0.1, 0.15) is 39.0 Å². The maximum Gasteiger partial charge on any atom is 0.334 e. The number of hydrogen-bond acceptors (Lipinski definition) is 4. The molecular weight excluding hydrogens is 276 g/mol. The Morgan fingerprint density at radius 1 is 1.33 bits per heavy atom. The molecule has 2 rings (SSSR count). The Morgan fingerprint density at radius 3 is 2.52 bits per heavy atom. The number of morpholine rings is 1. The zero-order valence-electron chi connectivity index (χ0n) is 12.2. The van der Waals surface area contributed by atoms with Crippen LogP contribution in [0.15, 0.2) is 0 Å². The number of aromatic nitrogens is 1. The smallest absolute Gasteiger partial charge is 0.334 e. The Hall–Kier alpha value is -2.15. The number of H-pyrrole nitrogens is 1. The van der Waals surface area contributed by atoms with Crippen LogP contribution in [0.2, 0.25) is 0 Å². The number of carbonyl (C=O) groups excluding carboxylic acids is 2. The predicted molar refractivity (Wildman–Crippen MR) is 73.6 cm³/mol. The van der Waals surface area contributed by atoms with Gasteiger partial charge in [-0.3, -0.25) is 9.59 Å². The number of carboxylic acid groups (broad SMARTS) is 1. The van der Waals surface area contributed by atoms with Gasteiger partial charge in [0.2, 0.25) is 0 Å². The van der Waals surface area contributed by atoms with Gasteiger partial charge >= 0.3 is 5.97 Å². The second kappa shape index (κ2) is 5.69. The summed E-state index contributed by atoms with van der Waals surface area (Å²) in [7, 11) is 0. The van der Waals surface area contributed by atoms with Gasteiger partial charge in [0.25, 0.3) is 5.91 Å². The van der Waals surface area contributed by atoms with Gasteiger partial charge in [0, 0.05) is 17.8 Å². The van der Waals surface area contributed by atoms with Crippen molar-refractivity contribution in [2.24, 2.45) is 0 Å². The topological polar surface area (TPSA) is 99.7 Å². The molecule has 1 aliphatic heterocycles. The van der Waals surface area contributed by atoms with Crippen LogP contribution >= 0.6 is 0 Å². The van der Waals surface area contributed by atoms with Crippen molar-refractivity contribution in [1.29, 1.82) is 0 Å². The molecule has 1 aromatic heterocycles. The third kappa shape index (κ3) is 2.82. The molecule has 0 aliphatic carbocycles. The van der Waals surface area contributed by atoms with Gasteiger partial charge in [-0.25, -0.2) is 4.79 Å². The van der Waals surface area contributed by atoms with Crippen LogP contribution in [0.3, 0.4) is 0 Å². The van der Waals surface area contributed by atoms with E-state index in [2.05, 4.69) is 4.98 Å². The highest BCUT2D eigenvalue weighted by Crippen LogP contribution is 2.21. The SMILES string of the molecule is CC(=O)c1c(C)[nH]c(C(=O)N2CCOC(C(=O)O)C2)c1C. The largest absolute Gasteiger partial charge is 0.479 e. The molecule has 1 aliphatic rings. The van der Waals surface area contributed by atoms with Crippen molar-refractivity contribution in [2.45, 2.75) is 26.9 Å². The first-order chi connectivity index (χ1) is 9.82. The standard InChI is InChI=1S/C14H18N2O5/c1-7-11(9(3)17)8(2)15-12(7)13(18)16-4-5-21-10(6-16)14(19)20/h10,15H,4-6H2,1-3H3,(H,19,20). The van der Waals surface area contributed by atoms with Crippen molar-refractivity contribution in [2.75, 3.05) is 19.7 Å². The quantitative estimate of drug-likeness (QED) is 0.802. The minimum Gasteiger partial charge on any atom is -0.479 e. The maximum atomic E-state index is 12.5. The number of Topliss-reactive ketones (excluding diaryl/α,β-unsaturated/α-hetero) is 1. The fourth-order valence-electron chi connectivity index (χ4n) is 2.63. The summed E-state index contributed by atoms with van der Waals surface area (Å²) in [5, 5.41) is 8.97. The molecule has 0 aromatic carbocycles. The van der Waals surface area contributed by atoms with Crippen LogP contribution in [0.25, 0.3) is 0 Å². The van der Waals surface area contributed by atoms with E-state index in [0.29, 0.717) is 29.1 Å². The van der Waals surface area contributed by atoms with E-state index in [-0.39, 0.29) is 24.8 Å². The fraction of sp³-hybridized carbons (Fsp3) is 0.500. The van der Waals surface area contributed by atoms with E-state index in [1.165, 1.54) is 11.8 Å². The first-order valence-corrected chi connectivity index (χ1v) is 6.66. The molecule has 1 unspecified atom stereocenters. The lowest BCUT2D eigenvalue weighted by atomic mass is 10.1. The first kappa shape index (κ1) is 15.2. The second-order valence-electron chi connectivity index (χ2n) is 5.13. The molecule has 0 spiro atoms. The number of ketones is 1. The van der Waals surface area contributed by atoms with Gasteiger partial charge in [0.15, 0.2) is 11.9 Å². The van der Waals surface area contributed by atoms with Crippen LogP contribution < -0.4 is 0 Å². The molecule has 1 fully saturated rings. The molecule has 2 N–H and O–H groups in total. The molecule has 1 atom stereocenters. The third-order valence-electron chi connectivity index (χ3n) is 3.63. The summed E-state index contributed by atoms with van der Waals surface area (Å²) in [4.78, 5) is 39.4. The van der Waals surface area contributed by atoms with Crippen molar-refractivity contribution in [3.8, 4) is 0 Å². The van der Waals surface area contributed by atoms with E-state index in [0.717, 1.165) is 0 Å². The maximum absolute atomic E-state index is 12.5. The number of nitrogens with one attached hydrogen (secondary N) is 1. The summed E-state index contributed by atoms with van der Waals surface area (Å²) in [6, 6.07) is 0. The molecule has 7 heteroatoms. The number of aromatic amines is 1. The predicted octanol–water partition coefficient (Wildman–Crippen LogP) is 0.760. The number of ether oxygens (including phenoxy) is 1. The van der Waals surface area contributed by atoms with Crippen LogP contribution in [0.4, 0.5) is 0 Å². The first-order valence-electron chi connectivity index (χ1n) is 6.66. The average Bonchev–Trinajstić information content (AvgIpc) is 2.73. The zero-order valence-corrected chi connectivity index (χ0v) is 12.2. The van der Waals surface area contributed by atoms with E-state index < -0.39 is 12.1 Å². The van der Waals surface area contributed by atoms with Gasteiger partial charge in [-0.05, 0) is 26.3 Å². The Balaban J connectivity index is 2.26.